The van der Waals surface area contributed by atoms with Crippen LogP contribution in [0.3, 0.4) is 0 Å². The van der Waals surface area contributed by atoms with Crippen LogP contribution in [0.2, 0.25) is 0 Å². The van der Waals surface area contributed by atoms with Crippen LogP contribution in [0.15, 0.2) is 66.7 Å². The van der Waals surface area contributed by atoms with Gasteiger partial charge in [-0.15, -0.1) is 0 Å². The van der Waals surface area contributed by atoms with Crippen molar-refractivity contribution in [1.82, 2.24) is 4.98 Å². The molecule has 1 aromatic heterocycles. The molecule has 0 amide bonds. The average Bonchev–Trinajstić information content (AvgIpc) is 3.26. The normalized spacial score (nSPS) is 12.6. The minimum Gasteiger partial charge on any atom is -0.508 e. The van der Waals surface area contributed by atoms with E-state index in [1.165, 1.54) is 0 Å². The summed E-state index contributed by atoms with van der Waals surface area (Å²) in [6.07, 6.45) is 0. The van der Waals surface area contributed by atoms with Gasteiger partial charge in [0.25, 0.3) is 0 Å². The summed E-state index contributed by atoms with van der Waals surface area (Å²) in [5, 5.41) is 10.8. The molecule has 0 spiro atoms. The molecule has 0 saturated heterocycles. The Kier molecular flexibility index (Phi) is 2.97. The van der Waals surface area contributed by atoms with Crippen molar-refractivity contribution in [3.05, 3.63) is 66.7 Å². The zero-order valence-electron chi connectivity index (χ0n) is 13.3. The van der Waals surface area contributed by atoms with Gasteiger partial charge in [0.1, 0.15) is 5.75 Å². The molecule has 0 saturated carbocycles. The Morgan fingerprint density at radius 2 is 1.56 bits per heavy atom. The highest BCUT2D eigenvalue weighted by molar-refractivity contribution is 6.03. The van der Waals surface area contributed by atoms with Crippen LogP contribution in [0.5, 0.6) is 17.2 Å². The first kappa shape index (κ1) is 14.0. The number of phenols is 1. The molecule has 1 aliphatic heterocycles. The van der Waals surface area contributed by atoms with Crippen molar-refractivity contribution in [3.8, 4) is 39.6 Å². The van der Waals surface area contributed by atoms with Gasteiger partial charge in [-0.3, -0.25) is 0 Å². The van der Waals surface area contributed by atoms with Crippen LogP contribution in [0.25, 0.3) is 33.3 Å². The molecule has 0 atom stereocenters. The smallest absolute Gasteiger partial charge is 0.231 e. The van der Waals surface area contributed by atoms with Gasteiger partial charge in [-0.2, -0.15) is 0 Å². The molecule has 4 heteroatoms. The number of aromatic hydroxyl groups is 1. The van der Waals surface area contributed by atoms with Crippen LogP contribution in [-0.2, 0) is 0 Å². The number of fused-ring (bicyclic) bond motifs is 2. The van der Waals surface area contributed by atoms with E-state index < -0.39 is 0 Å². The molecule has 0 unspecified atom stereocenters. The maximum absolute atomic E-state index is 9.62. The van der Waals surface area contributed by atoms with Crippen molar-refractivity contribution < 1.29 is 14.6 Å². The third-order valence-corrected chi connectivity index (χ3v) is 4.52. The lowest BCUT2D eigenvalue weighted by Gasteiger charge is -2.07. The fraction of sp³-hybridized carbons (Fsp3) is 0.0476. The number of aromatic amines is 1. The van der Waals surface area contributed by atoms with Crippen molar-refractivity contribution in [2.75, 3.05) is 6.79 Å². The number of aromatic nitrogens is 1. The van der Waals surface area contributed by atoms with Crippen molar-refractivity contribution in [2.24, 2.45) is 0 Å². The third kappa shape index (κ3) is 2.22. The SMILES string of the molecule is Oc1ccc(-c2c(-c3ccc4c(c3)OCO4)[nH]c3ccccc23)cc1. The third-order valence-electron chi connectivity index (χ3n) is 4.52. The van der Waals surface area contributed by atoms with Gasteiger partial charge in [-0.25, -0.2) is 0 Å². The Hall–Kier alpha value is -3.40. The second kappa shape index (κ2) is 5.31. The van der Waals surface area contributed by atoms with E-state index in [9.17, 15) is 5.11 Å². The van der Waals surface area contributed by atoms with Gasteiger partial charge in [0.15, 0.2) is 11.5 Å². The summed E-state index contributed by atoms with van der Waals surface area (Å²) >= 11 is 0. The van der Waals surface area contributed by atoms with Crippen LogP contribution >= 0.6 is 0 Å². The molecule has 0 fully saturated rings. The van der Waals surface area contributed by atoms with Crippen LogP contribution < -0.4 is 9.47 Å². The predicted molar refractivity (Wildman–Crippen MR) is 97.0 cm³/mol. The fourth-order valence-electron chi connectivity index (χ4n) is 3.34. The molecule has 5 rings (SSSR count). The number of rotatable bonds is 2. The molecule has 1 aliphatic rings. The Bertz CT molecular complexity index is 1080. The van der Waals surface area contributed by atoms with E-state index in [0.717, 1.165) is 44.8 Å². The van der Waals surface area contributed by atoms with Crippen molar-refractivity contribution in [1.29, 1.82) is 0 Å². The molecular weight excluding hydrogens is 314 g/mol. The fourth-order valence-corrected chi connectivity index (χ4v) is 3.34. The van der Waals surface area contributed by atoms with E-state index in [4.69, 9.17) is 9.47 Å². The van der Waals surface area contributed by atoms with Crippen LogP contribution in [0.1, 0.15) is 0 Å². The van der Waals surface area contributed by atoms with Gasteiger partial charge in [-0.05, 0) is 42.0 Å². The van der Waals surface area contributed by atoms with Gasteiger partial charge in [0, 0.05) is 22.0 Å². The Morgan fingerprint density at radius 1 is 0.800 bits per heavy atom. The Labute approximate surface area is 144 Å². The number of H-pyrrole nitrogens is 1. The van der Waals surface area contributed by atoms with E-state index in [2.05, 4.69) is 17.1 Å². The maximum atomic E-state index is 9.62. The van der Waals surface area contributed by atoms with E-state index >= 15 is 0 Å². The highest BCUT2D eigenvalue weighted by Gasteiger charge is 2.18. The van der Waals surface area contributed by atoms with Crippen molar-refractivity contribution >= 4 is 10.9 Å². The Morgan fingerprint density at radius 3 is 2.44 bits per heavy atom. The standard InChI is InChI=1S/C21H15NO3/c23-15-8-5-13(6-9-15)20-16-3-1-2-4-17(16)22-21(20)14-7-10-18-19(11-14)25-12-24-18/h1-11,22-23H,12H2. The quantitative estimate of drug-likeness (QED) is 0.548. The monoisotopic (exact) mass is 329 g/mol. The largest absolute Gasteiger partial charge is 0.508 e. The molecule has 3 aromatic carbocycles. The summed E-state index contributed by atoms with van der Waals surface area (Å²) in [5.74, 6) is 1.78. The minimum absolute atomic E-state index is 0.258. The molecule has 4 aromatic rings. The molecule has 4 nitrogen and oxygen atoms in total. The lowest BCUT2D eigenvalue weighted by molar-refractivity contribution is 0.174. The highest BCUT2D eigenvalue weighted by Crippen LogP contribution is 2.42. The molecule has 2 heterocycles. The number of hydrogen-bond acceptors (Lipinski definition) is 3. The molecule has 2 N–H and O–H groups in total. The van der Waals surface area contributed by atoms with E-state index in [0.29, 0.717) is 0 Å². The lowest BCUT2D eigenvalue weighted by Crippen LogP contribution is -1.92. The topological polar surface area (TPSA) is 54.5 Å². The highest BCUT2D eigenvalue weighted by atomic mass is 16.7. The minimum atomic E-state index is 0.258. The summed E-state index contributed by atoms with van der Waals surface area (Å²) in [6.45, 7) is 0.260. The van der Waals surface area contributed by atoms with Gasteiger partial charge in [0.2, 0.25) is 6.79 Å². The lowest BCUT2D eigenvalue weighted by atomic mass is 9.98. The van der Waals surface area contributed by atoms with Gasteiger partial charge < -0.3 is 19.6 Å². The molecule has 122 valence electrons. The van der Waals surface area contributed by atoms with Gasteiger partial charge >= 0.3 is 0 Å². The molecule has 25 heavy (non-hydrogen) atoms. The number of benzene rings is 3. The predicted octanol–water partition coefficient (Wildman–Crippen LogP) is 4.94. The first-order valence-electron chi connectivity index (χ1n) is 8.10. The van der Waals surface area contributed by atoms with Gasteiger partial charge in [-0.1, -0.05) is 30.3 Å². The summed E-state index contributed by atoms with van der Waals surface area (Å²) in [4.78, 5) is 3.53. The summed E-state index contributed by atoms with van der Waals surface area (Å²) in [5.41, 5.74) is 5.27. The number of hydrogen-bond donors (Lipinski definition) is 2. The average molecular weight is 329 g/mol. The number of ether oxygens (including phenoxy) is 2. The van der Waals surface area contributed by atoms with Crippen LogP contribution in [0.4, 0.5) is 0 Å². The summed E-state index contributed by atoms with van der Waals surface area (Å²) in [7, 11) is 0. The van der Waals surface area contributed by atoms with Crippen molar-refractivity contribution in [3.63, 3.8) is 0 Å². The number of phenolic OH excluding ortho intramolecular Hbond substituents is 1. The van der Waals surface area contributed by atoms with Crippen molar-refractivity contribution in [2.45, 2.75) is 0 Å². The van der Waals surface area contributed by atoms with E-state index in [-0.39, 0.29) is 12.5 Å². The number of para-hydroxylation sites is 1. The zero-order chi connectivity index (χ0) is 16.8. The second-order valence-electron chi connectivity index (χ2n) is 6.04. The number of nitrogens with one attached hydrogen (secondary N) is 1. The summed E-state index contributed by atoms with van der Waals surface area (Å²) < 4.78 is 10.9. The van der Waals surface area contributed by atoms with Crippen LogP contribution in [0, 0.1) is 0 Å². The van der Waals surface area contributed by atoms with Crippen LogP contribution in [-0.4, -0.2) is 16.9 Å². The first-order valence-corrected chi connectivity index (χ1v) is 8.10. The van der Waals surface area contributed by atoms with E-state index in [1.54, 1.807) is 12.1 Å². The first-order chi connectivity index (χ1) is 12.3. The van der Waals surface area contributed by atoms with E-state index in [1.807, 2.05) is 42.5 Å². The second-order valence-corrected chi connectivity index (χ2v) is 6.04. The molecular formula is C21H15NO3. The molecule has 0 aliphatic carbocycles. The van der Waals surface area contributed by atoms with Gasteiger partial charge in [0.05, 0.1) is 5.69 Å². The molecule has 0 radical (unpaired) electrons. The maximum Gasteiger partial charge on any atom is 0.231 e. The Balaban J connectivity index is 1.77. The zero-order valence-corrected chi connectivity index (χ0v) is 13.3. The summed E-state index contributed by atoms with van der Waals surface area (Å²) in [6, 6.07) is 21.5. The molecule has 0 bridgehead atoms.